The van der Waals surface area contributed by atoms with Gasteiger partial charge in [-0.05, 0) is 47.9 Å². The maximum Gasteiger partial charge on any atom is 0.124 e. The van der Waals surface area contributed by atoms with Crippen LogP contribution in [0.5, 0.6) is 5.75 Å². The van der Waals surface area contributed by atoms with E-state index in [2.05, 4.69) is 4.98 Å². The van der Waals surface area contributed by atoms with Crippen LogP contribution in [0, 0.1) is 6.92 Å². The zero-order chi connectivity index (χ0) is 13.4. The average molecular weight is 250 g/mol. The average Bonchev–Trinajstić information content (AvgIpc) is 2.41. The highest BCUT2D eigenvalue weighted by atomic mass is 16.3. The normalized spacial score (nSPS) is 10.8. The van der Waals surface area contributed by atoms with E-state index in [1.54, 1.807) is 6.07 Å². The van der Waals surface area contributed by atoms with E-state index in [-0.39, 0.29) is 0 Å². The summed E-state index contributed by atoms with van der Waals surface area (Å²) < 4.78 is 0. The van der Waals surface area contributed by atoms with Crippen LogP contribution in [0.4, 0.5) is 5.82 Å². The molecule has 2 aromatic carbocycles. The minimum atomic E-state index is 0.301. The Bertz CT molecular complexity index is 766. The summed E-state index contributed by atoms with van der Waals surface area (Å²) >= 11 is 0. The molecule has 1 heterocycles. The van der Waals surface area contributed by atoms with E-state index >= 15 is 0 Å². The SMILES string of the molecule is Cc1cc(-c2cc(N)nc3ccccc23)ccc1O. The summed E-state index contributed by atoms with van der Waals surface area (Å²) in [5, 5.41) is 10.7. The van der Waals surface area contributed by atoms with Crippen molar-refractivity contribution in [2.75, 3.05) is 5.73 Å². The Morgan fingerprint density at radius 1 is 1.05 bits per heavy atom. The van der Waals surface area contributed by atoms with Crippen molar-refractivity contribution in [1.82, 2.24) is 4.98 Å². The molecular formula is C16H14N2O. The molecule has 0 aliphatic carbocycles. The Kier molecular flexibility index (Phi) is 2.60. The maximum absolute atomic E-state index is 9.62. The fourth-order valence-electron chi connectivity index (χ4n) is 2.26. The number of aromatic nitrogens is 1. The predicted molar refractivity (Wildman–Crippen MR) is 78.0 cm³/mol. The van der Waals surface area contributed by atoms with E-state index in [1.807, 2.05) is 49.4 Å². The molecule has 3 nitrogen and oxygen atoms in total. The lowest BCUT2D eigenvalue weighted by molar-refractivity contribution is 0.471. The van der Waals surface area contributed by atoms with Gasteiger partial charge in [-0.15, -0.1) is 0 Å². The van der Waals surface area contributed by atoms with Gasteiger partial charge in [0, 0.05) is 5.39 Å². The van der Waals surface area contributed by atoms with Crippen molar-refractivity contribution in [3.8, 4) is 16.9 Å². The number of nitrogens with zero attached hydrogens (tertiary/aromatic N) is 1. The van der Waals surface area contributed by atoms with Gasteiger partial charge in [0.2, 0.25) is 0 Å². The second-order valence-electron chi connectivity index (χ2n) is 4.61. The third-order valence-electron chi connectivity index (χ3n) is 3.24. The minimum absolute atomic E-state index is 0.301. The first-order valence-corrected chi connectivity index (χ1v) is 6.10. The second kappa shape index (κ2) is 4.28. The molecule has 0 saturated carbocycles. The topological polar surface area (TPSA) is 59.1 Å². The van der Waals surface area contributed by atoms with Gasteiger partial charge >= 0.3 is 0 Å². The quantitative estimate of drug-likeness (QED) is 0.695. The number of hydrogen-bond acceptors (Lipinski definition) is 3. The molecule has 0 bridgehead atoms. The number of aromatic hydroxyl groups is 1. The number of fused-ring (bicyclic) bond motifs is 1. The molecule has 0 amide bonds. The van der Waals surface area contributed by atoms with Crippen LogP contribution in [0.1, 0.15) is 5.56 Å². The molecule has 19 heavy (non-hydrogen) atoms. The lowest BCUT2D eigenvalue weighted by atomic mass is 9.99. The maximum atomic E-state index is 9.62. The third-order valence-corrected chi connectivity index (χ3v) is 3.24. The molecule has 3 heteroatoms. The lowest BCUT2D eigenvalue weighted by Gasteiger charge is -2.09. The van der Waals surface area contributed by atoms with Crippen molar-refractivity contribution in [2.24, 2.45) is 0 Å². The van der Waals surface area contributed by atoms with E-state index in [0.717, 1.165) is 27.6 Å². The number of nitrogens with two attached hydrogens (primary N) is 1. The first-order valence-electron chi connectivity index (χ1n) is 6.10. The van der Waals surface area contributed by atoms with Crippen molar-refractivity contribution in [2.45, 2.75) is 6.92 Å². The highest BCUT2D eigenvalue weighted by Crippen LogP contribution is 2.31. The van der Waals surface area contributed by atoms with Crippen molar-refractivity contribution in [1.29, 1.82) is 0 Å². The molecule has 3 aromatic rings. The first-order chi connectivity index (χ1) is 9.15. The number of phenolic OH excluding ortho intramolecular Hbond substituents is 1. The summed E-state index contributed by atoms with van der Waals surface area (Å²) in [4.78, 5) is 4.33. The van der Waals surface area contributed by atoms with Gasteiger partial charge in [-0.1, -0.05) is 24.3 Å². The largest absolute Gasteiger partial charge is 0.508 e. The lowest BCUT2D eigenvalue weighted by Crippen LogP contribution is -1.93. The van der Waals surface area contributed by atoms with Gasteiger partial charge in [-0.3, -0.25) is 0 Å². The van der Waals surface area contributed by atoms with Gasteiger partial charge in [0.1, 0.15) is 11.6 Å². The van der Waals surface area contributed by atoms with Crippen molar-refractivity contribution in [3.05, 3.63) is 54.1 Å². The number of para-hydroxylation sites is 1. The molecule has 0 aliphatic heterocycles. The van der Waals surface area contributed by atoms with E-state index < -0.39 is 0 Å². The van der Waals surface area contributed by atoms with E-state index in [9.17, 15) is 5.11 Å². The first kappa shape index (κ1) is 11.5. The minimum Gasteiger partial charge on any atom is -0.508 e. The molecule has 0 spiro atoms. The van der Waals surface area contributed by atoms with Crippen molar-refractivity contribution in [3.63, 3.8) is 0 Å². The van der Waals surface area contributed by atoms with Gasteiger partial charge in [0.05, 0.1) is 5.52 Å². The molecule has 0 aliphatic rings. The van der Waals surface area contributed by atoms with Crippen LogP contribution in [-0.4, -0.2) is 10.1 Å². The Balaban J connectivity index is 2.32. The number of phenols is 1. The Labute approximate surface area is 111 Å². The van der Waals surface area contributed by atoms with Gasteiger partial charge in [0.15, 0.2) is 0 Å². The van der Waals surface area contributed by atoms with Crippen LogP contribution < -0.4 is 5.73 Å². The van der Waals surface area contributed by atoms with E-state index in [4.69, 9.17) is 5.73 Å². The highest BCUT2D eigenvalue weighted by Gasteiger charge is 2.07. The van der Waals surface area contributed by atoms with Gasteiger partial charge < -0.3 is 10.8 Å². The molecule has 94 valence electrons. The summed E-state index contributed by atoms with van der Waals surface area (Å²) in [6, 6.07) is 15.3. The van der Waals surface area contributed by atoms with Crippen LogP contribution in [0.2, 0.25) is 0 Å². The monoisotopic (exact) mass is 250 g/mol. The molecule has 0 saturated heterocycles. The second-order valence-corrected chi connectivity index (χ2v) is 4.61. The van der Waals surface area contributed by atoms with Crippen molar-refractivity contribution < 1.29 is 5.11 Å². The summed E-state index contributed by atoms with van der Waals surface area (Å²) in [7, 11) is 0. The molecule has 0 fully saturated rings. The fourth-order valence-corrected chi connectivity index (χ4v) is 2.26. The molecule has 3 rings (SSSR count). The Morgan fingerprint density at radius 3 is 2.63 bits per heavy atom. The summed E-state index contributed by atoms with van der Waals surface area (Å²) in [6.45, 7) is 1.88. The number of anilines is 1. The van der Waals surface area contributed by atoms with Crippen LogP contribution in [0.15, 0.2) is 48.5 Å². The number of nitrogen functional groups attached to an aromatic ring is 1. The van der Waals surface area contributed by atoms with Gasteiger partial charge in [0.25, 0.3) is 0 Å². The van der Waals surface area contributed by atoms with Crippen LogP contribution in [0.25, 0.3) is 22.0 Å². The number of hydrogen-bond donors (Lipinski definition) is 2. The van der Waals surface area contributed by atoms with Crippen LogP contribution >= 0.6 is 0 Å². The zero-order valence-corrected chi connectivity index (χ0v) is 10.6. The molecule has 3 N–H and O–H groups in total. The number of rotatable bonds is 1. The molecular weight excluding hydrogens is 236 g/mol. The van der Waals surface area contributed by atoms with E-state index in [1.165, 1.54) is 0 Å². The zero-order valence-electron chi connectivity index (χ0n) is 10.6. The predicted octanol–water partition coefficient (Wildman–Crippen LogP) is 3.50. The smallest absolute Gasteiger partial charge is 0.124 e. The summed E-state index contributed by atoms with van der Waals surface area (Å²) in [6.07, 6.45) is 0. The molecule has 0 radical (unpaired) electrons. The number of aryl methyl sites for hydroxylation is 1. The van der Waals surface area contributed by atoms with Gasteiger partial charge in [-0.25, -0.2) is 4.98 Å². The number of benzene rings is 2. The van der Waals surface area contributed by atoms with Gasteiger partial charge in [-0.2, -0.15) is 0 Å². The van der Waals surface area contributed by atoms with Crippen molar-refractivity contribution >= 4 is 16.7 Å². The standard InChI is InChI=1S/C16H14N2O/c1-10-8-11(6-7-15(10)19)13-9-16(17)18-14-5-3-2-4-12(13)14/h2-9,19H,1H3,(H2,17,18). The van der Waals surface area contributed by atoms with E-state index in [0.29, 0.717) is 11.6 Å². The Morgan fingerprint density at radius 2 is 1.84 bits per heavy atom. The number of pyridine rings is 1. The van der Waals surface area contributed by atoms with Crippen LogP contribution in [0.3, 0.4) is 0 Å². The van der Waals surface area contributed by atoms with Crippen LogP contribution in [-0.2, 0) is 0 Å². The molecule has 0 atom stereocenters. The summed E-state index contributed by atoms with van der Waals surface area (Å²) in [5.74, 6) is 0.800. The molecule has 1 aromatic heterocycles. The summed E-state index contributed by atoms with van der Waals surface area (Å²) in [5.41, 5.74) is 9.65. The Hall–Kier alpha value is -2.55. The third kappa shape index (κ3) is 1.99. The fraction of sp³-hybridized carbons (Fsp3) is 0.0625. The molecule has 0 unspecified atom stereocenters. The highest BCUT2D eigenvalue weighted by molar-refractivity contribution is 5.96.